The molecule has 84 valence electrons. The van der Waals surface area contributed by atoms with Gasteiger partial charge < -0.3 is 0 Å². The summed E-state index contributed by atoms with van der Waals surface area (Å²) in [5, 5.41) is 14.3. The topological polar surface area (TPSA) is 61.0 Å². The number of nitro groups is 1. The molecule has 5 nitrogen and oxygen atoms in total. The molecule has 0 radical (unpaired) electrons. The Hall–Kier alpha value is -2.21. The van der Waals surface area contributed by atoms with E-state index in [1.165, 1.54) is 17.4 Å². The summed E-state index contributed by atoms with van der Waals surface area (Å²) in [6, 6.07) is 6.67. The minimum Gasteiger partial charge on any atom is -0.293 e. The molecular weight excluding hydrogens is 238 g/mol. The van der Waals surface area contributed by atoms with Gasteiger partial charge in [0.05, 0.1) is 10.4 Å². The van der Waals surface area contributed by atoms with Crippen LogP contribution in [-0.2, 0) is 0 Å². The largest absolute Gasteiger partial charge is 0.293 e. The summed E-state index contributed by atoms with van der Waals surface area (Å²) in [5.74, 6) is 0. The lowest BCUT2D eigenvalue weighted by atomic mass is 10.2. The SMILES string of the molecule is O=[N+]([O-])c1ccc2c(ccn2-c2nccs2)c1. The maximum atomic E-state index is 10.7. The Morgan fingerprint density at radius 2 is 2.24 bits per heavy atom. The molecule has 17 heavy (non-hydrogen) atoms. The van der Waals surface area contributed by atoms with Crippen LogP contribution in [0.4, 0.5) is 5.69 Å². The van der Waals surface area contributed by atoms with Gasteiger partial charge in [0.25, 0.3) is 5.69 Å². The van der Waals surface area contributed by atoms with Crippen LogP contribution in [0.25, 0.3) is 16.0 Å². The molecule has 0 aliphatic heterocycles. The molecule has 0 spiro atoms. The van der Waals surface area contributed by atoms with Crippen LogP contribution in [0.1, 0.15) is 0 Å². The third-order valence-electron chi connectivity index (χ3n) is 2.51. The van der Waals surface area contributed by atoms with E-state index in [-0.39, 0.29) is 10.6 Å². The maximum absolute atomic E-state index is 10.7. The Morgan fingerprint density at radius 3 is 2.94 bits per heavy atom. The summed E-state index contributed by atoms with van der Waals surface area (Å²) < 4.78 is 1.92. The molecule has 0 aliphatic carbocycles. The standard InChI is InChI=1S/C11H7N3O2S/c15-14(16)9-1-2-10-8(7-9)3-5-13(10)11-12-4-6-17-11/h1-7H. The minimum absolute atomic E-state index is 0.106. The Morgan fingerprint density at radius 1 is 1.35 bits per heavy atom. The average molecular weight is 245 g/mol. The molecule has 0 bridgehead atoms. The molecule has 6 heteroatoms. The highest BCUT2D eigenvalue weighted by Crippen LogP contribution is 2.25. The highest BCUT2D eigenvalue weighted by atomic mass is 32.1. The van der Waals surface area contributed by atoms with Crippen LogP contribution in [0.5, 0.6) is 0 Å². The lowest BCUT2D eigenvalue weighted by molar-refractivity contribution is -0.384. The zero-order chi connectivity index (χ0) is 11.8. The second-order valence-electron chi connectivity index (χ2n) is 3.50. The fourth-order valence-corrected chi connectivity index (χ4v) is 2.38. The molecule has 0 amide bonds. The molecule has 3 rings (SSSR count). The Balaban J connectivity index is 2.21. The number of hydrogen-bond donors (Lipinski definition) is 0. The van der Waals surface area contributed by atoms with Crippen LogP contribution in [0.2, 0.25) is 0 Å². The molecule has 0 saturated heterocycles. The van der Waals surface area contributed by atoms with Gasteiger partial charge in [0.1, 0.15) is 0 Å². The zero-order valence-electron chi connectivity index (χ0n) is 8.61. The number of rotatable bonds is 2. The van der Waals surface area contributed by atoms with E-state index >= 15 is 0 Å². The van der Waals surface area contributed by atoms with E-state index in [9.17, 15) is 10.1 Å². The van der Waals surface area contributed by atoms with Crippen molar-refractivity contribution in [2.45, 2.75) is 0 Å². The highest BCUT2D eigenvalue weighted by molar-refractivity contribution is 7.12. The highest BCUT2D eigenvalue weighted by Gasteiger charge is 2.10. The van der Waals surface area contributed by atoms with E-state index in [4.69, 9.17) is 0 Å². The predicted molar refractivity (Wildman–Crippen MR) is 65.6 cm³/mol. The smallest absolute Gasteiger partial charge is 0.270 e. The van der Waals surface area contributed by atoms with Crippen LogP contribution in [-0.4, -0.2) is 14.5 Å². The molecule has 2 aromatic heterocycles. The minimum atomic E-state index is -0.389. The van der Waals surface area contributed by atoms with Crippen molar-refractivity contribution in [2.75, 3.05) is 0 Å². The van der Waals surface area contributed by atoms with Crippen molar-refractivity contribution in [1.82, 2.24) is 9.55 Å². The Labute approximate surface area is 100 Å². The number of hydrogen-bond acceptors (Lipinski definition) is 4. The van der Waals surface area contributed by atoms with Gasteiger partial charge in [-0.15, -0.1) is 11.3 Å². The summed E-state index contributed by atoms with van der Waals surface area (Å²) in [5.41, 5.74) is 1.03. The quantitative estimate of drug-likeness (QED) is 0.515. The Bertz CT molecular complexity index is 688. The van der Waals surface area contributed by atoms with Gasteiger partial charge in [0, 0.05) is 35.3 Å². The second kappa shape index (κ2) is 3.67. The summed E-state index contributed by atoms with van der Waals surface area (Å²) >= 11 is 1.52. The first-order valence-corrected chi connectivity index (χ1v) is 5.79. The second-order valence-corrected chi connectivity index (χ2v) is 4.37. The van der Waals surface area contributed by atoms with Gasteiger partial charge in [-0.1, -0.05) is 0 Å². The summed E-state index contributed by atoms with van der Waals surface area (Å²) in [6.07, 6.45) is 3.60. The monoisotopic (exact) mass is 245 g/mol. The third-order valence-corrected chi connectivity index (χ3v) is 3.28. The number of thiazole rings is 1. The molecule has 2 heterocycles. The lowest BCUT2D eigenvalue weighted by Gasteiger charge is -1.99. The van der Waals surface area contributed by atoms with Crippen LogP contribution < -0.4 is 0 Å². The number of non-ortho nitro benzene ring substituents is 1. The number of aromatic nitrogens is 2. The molecule has 0 atom stereocenters. The molecule has 0 fully saturated rings. The summed E-state index contributed by atoms with van der Waals surface area (Å²) in [6.45, 7) is 0. The summed E-state index contributed by atoms with van der Waals surface area (Å²) in [7, 11) is 0. The molecule has 1 aromatic carbocycles. The van der Waals surface area contributed by atoms with Gasteiger partial charge in [0.15, 0.2) is 5.13 Å². The molecule has 3 aromatic rings. The van der Waals surface area contributed by atoms with Crippen LogP contribution in [0.3, 0.4) is 0 Å². The predicted octanol–water partition coefficient (Wildman–Crippen LogP) is 3.00. The first-order chi connectivity index (χ1) is 8.25. The van der Waals surface area contributed by atoms with E-state index in [0.717, 1.165) is 16.0 Å². The molecule has 0 aliphatic rings. The van der Waals surface area contributed by atoms with Gasteiger partial charge >= 0.3 is 0 Å². The van der Waals surface area contributed by atoms with E-state index in [1.807, 2.05) is 22.2 Å². The summed E-state index contributed by atoms with van der Waals surface area (Å²) in [4.78, 5) is 14.5. The fourth-order valence-electron chi connectivity index (χ4n) is 1.75. The van der Waals surface area contributed by atoms with Crippen molar-refractivity contribution in [1.29, 1.82) is 0 Å². The van der Waals surface area contributed by atoms with Crippen molar-refractivity contribution < 1.29 is 4.92 Å². The van der Waals surface area contributed by atoms with Crippen LogP contribution >= 0.6 is 11.3 Å². The molecule has 0 unspecified atom stereocenters. The number of nitro benzene ring substituents is 1. The molecular formula is C11H7N3O2S. The Kier molecular flexibility index (Phi) is 2.15. The third kappa shape index (κ3) is 1.58. The number of fused-ring (bicyclic) bond motifs is 1. The van der Waals surface area contributed by atoms with E-state index in [1.54, 1.807) is 18.3 Å². The van der Waals surface area contributed by atoms with Gasteiger partial charge in [0.2, 0.25) is 0 Å². The van der Waals surface area contributed by atoms with Gasteiger partial charge in [-0.3, -0.25) is 14.7 Å². The maximum Gasteiger partial charge on any atom is 0.270 e. The normalized spacial score (nSPS) is 10.8. The van der Waals surface area contributed by atoms with E-state index < -0.39 is 0 Å². The van der Waals surface area contributed by atoms with Crippen molar-refractivity contribution in [3.8, 4) is 5.13 Å². The van der Waals surface area contributed by atoms with Crippen LogP contribution in [0, 0.1) is 10.1 Å². The first-order valence-electron chi connectivity index (χ1n) is 4.91. The number of benzene rings is 1. The van der Waals surface area contributed by atoms with Gasteiger partial charge in [-0.05, 0) is 12.1 Å². The van der Waals surface area contributed by atoms with Gasteiger partial charge in [-0.25, -0.2) is 4.98 Å². The van der Waals surface area contributed by atoms with Crippen LogP contribution in [0.15, 0.2) is 42.0 Å². The van der Waals surface area contributed by atoms with Crippen molar-refractivity contribution in [2.24, 2.45) is 0 Å². The molecule has 0 N–H and O–H groups in total. The van der Waals surface area contributed by atoms with Crippen molar-refractivity contribution in [3.05, 3.63) is 52.2 Å². The first kappa shape index (κ1) is 9.98. The lowest BCUT2D eigenvalue weighted by Crippen LogP contribution is -1.91. The average Bonchev–Trinajstić information content (AvgIpc) is 2.96. The number of nitrogens with zero attached hydrogens (tertiary/aromatic N) is 3. The van der Waals surface area contributed by atoms with E-state index in [0.29, 0.717) is 0 Å². The van der Waals surface area contributed by atoms with Crippen molar-refractivity contribution >= 4 is 27.9 Å². The van der Waals surface area contributed by atoms with E-state index in [2.05, 4.69) is 4.98 Å². The fraction of sp³-hybridized carbons (Fsp3) is 0. The van der Waals surface area contributed by atoms with Crippen molar-refractivity contribution in [3.63, 3.8) is 0 Å². The zero-order valence-corrected chi connectivity index (χ0v) is 9.42. The molecule has 0 saturated carbocycles. The van der Waals surface area contributed by atoms with Gasteiger partial charge in [-0.2, -0.15) is 0 Å².